The van der Waals surface area contributed by atoms with Crippen LogP contribution in [0.25, 0.3) is 0 Å². The normalized spacial score (nSPS) is 11.5. The van der Waals surface area contributed by atoms with Gasteiger partial charge < -0.3 is 5.32 Å². The predicted octanol–water partition coefficient (Wildman–Crippen LogP) is 1.73. The number of nitrogens with zero attached hydrogens (tertiary/aromatic N) is 2. The molecule has 0 bridgehead atoms. The molecule has 0 saturated heterocycles. The molecular weight excluding hydrogens is 357 g/mol. The summed E-state index contributed by atoms with van der Waals surface area (Å²) in [4.78, 5) is 15.9. The number of benzene rings is 1. The zero-order valence-electron chi connectivity index (χ0n) is 14.6. The highest BCUT2D eigenvalue weighted by Gasteiger charge is 2.18. The zero-order chi connectivity index (χ0) is 19.0. The fourth-order valence-corrected chi connectivity index (χ4v) is 3.21. The van der Waals surface area contributed by atoms with Crippen molar-refractivity contribution in [2.24, 2.45) is 0 Å². The average molecular weight is 379 g/mol. The van der Waals surface area contributed by atoms with Crippen LogP contribution in [0, 0.1) is 5.82 Å². The minimum atomic E-state index is -3.44. The topological polar surface area (TPSA) is 79.4 Å². The second-order valence-corrected chi connectivity index (χ2v) is 7.88. The molecule has 1 aromatic carbocycles. The Morgan fingerprint density at radius 1 is 1.19 bits per heavy atom. The van der Waals surface area contributed by atoms with Crippen molar-refractivity contribution in [2.75, 3.05) is 19.3 Å². The van der Waals surface area contributed by atoms with Crippen molar-refractivity contribution in [1.29, 1.82) is 0 Å². The number of sulfonamides is 1. The van der Waals surface area contributed by atoms with E-state index in [0.717, 1.165) is 11.8 Å². The lowest BCUT2D eigenvalue weighted by molar-refractivity contribution is -0.121. The monoisotopic (exact) mass is 379 g/mol. The third-order valence-corrected chi connectivity index (χ3v) is 5.09. The van der Waals surface area contributed by atoms with E-state index >= 15 is 0 Å². The van der Waals surface area contributed by atoms with Gasteiger partial charge in [0.1, 0.15) is 5.82 Å². The summed E-state index contributed by atoms with van der Waals surface area (Å²) < 4.78 is 38.6. The largest absolute Gasteiger partial charge is 0.356 e. The zero-order valence-corrected chi connectivity index (χ0v) is 15.4. The minimum absolute atomic E-state index is 0.0371. The molecule has 0 radical (unpaired) electrons. The van der Waals surface area contributed by atoms with Crippen LogP contribution in [0.4, 0.5) is 4.39 Å². The lowest BCUT2D eigenvalue weighted by Crippen LogP contribution is -2.34. The van der Waals surface area contributed by atoms with Gasteiger partial charge in [0, 0.05) is 38.4 Å². The van der Waals surface area contributed by atoms with Crippen LogP contribution in [0.1, 0.15) is 17.5 Å². The summed E-state index contributed by atoms with van der Waals surface area (Å²) >= 11 is 0. The maximum absolute atomic E-state index is 13.5. The number of rotatable bonds is 9. The van der Waals surface area contributed by atoms with Crippen LogP contribution in [0.2, 0.25) is 0 Å². The first-order chi connectivity index (χ1) is 12.4. The Kier molecular flexibility index (Phi) is 7.23. The average Bonchev–Trinajstić information content (AvgIpc) is 2.60. The highest BCUT2D eigenvalue weighted by atomic mass is 32.2. The molecule has 0 aliphatic carbocycles. The van der Waals surface area contributed by atoms with Gasteiger partial charge >= 0.3 is 0 Å². The van der Waals surface area contributed by atoms with Crippen molar-refractivity contribution in [1.82, 2.24) is 14.6 Å². The summed E-state index contributed by atoms with van der Waals surface area (Å²) in [5.74, 6) is -0.577. The van der Waals surface area contributed by atoms with Gasteiger partial charge in [0.25, 0.3) is 0 Å². The van der Waals surface area contributed by atoms with Gasteiger partial charge in [0.05, 0.1) is 6.26 Å². The van der Waals surface area contributed by atoms with E-state index in [9.17, 15) is 17.6 Å². The van der Waals surface area contributed by atoms with Crippen LogP contribution in [0.15, 0.2) is 48.8 Å². The highest BCUT2D eigenvalue weighted by molar-refractivity contribution is 7.88. The fraction of sp³-hybridized carbons (Fsp3) is 0.333. The molecule has 26 heavy (non-hydrogen) atoms. The summed E-state index contributed by atoms with van der Waals surface area (Å²) in [6.45, 7) is 0.555. The molecule has 1 aromatic heterocycles. The first-order valence-electron chi connectivity index (χ1n) is 8.20. The molecule has 1 heterocycles. The summed E-state index contributed by atoms with van der Waals surface area (Å²) in [5.41, 5.74) is 1.33. The molecule has 140 valence electrons. The Hall–Kier alpha value is -2.32. The van der Waals surface area contributed by atoms with Crippen molar-refractivity contribution in [3.05, 3.63) is 65.7 Å². The fourth-order valence-electron chi connectivity index (χ4n) is 2.41. The molecular formula is C18H22FN3O3S. The summed E-state index contributed by atoms with van der Waals surface area (Å²) in [6, 6.07) is 9.85. The standard InChI is InChI=1S/C18H22FN3O3S/c1-26(24,25)22(14-15-6-10-20-11-7-15)13-9-18(23)21-12-8-16-4-2-3-5-17(16)19/h2-7,10-11H,8-9,12-14H2,1H3,(H,21,23). The third-order valence-electron chi connectivity index (χ3n) is 3.84. The molecule has 2 rings (SSSR count). The molecule has 0 fully saturated rings. The smallest absolute Gasteiger partial charge is 0.221 e. The molecule has 0 atom stereocenters. The Balaban J connectivity index is 1.82. The summed E-state index contributed by atoms with van der Waals surface area (Å²) in [5, 5.41) is 2.69. The lowest BCUT2D eigenvalue weighted by Gasteiger charge is -2.19. The SMILES string of the molecule is CS(=O)(=O)N(CCC(=O)NCCc1ccccc1F)Cc1ccncc1. The molecule has 0 aliphatic rings. The Morgan fingerprint density at radius 3 is 2.54 bits per heavy atom. The molecule has 0 saturated carbocycles. The molecule has 8 heteroatoms. The van der Waals surface area contributed by atoms with Gasteiger partial charge in [-0.05, 0) is 35.7 Å². The van der Waals surface area contributed by atoms with Crippen LogP contribution in [0.3, 0.4) is 0 Å². The van der Waals surface area contributed by atoms with Gasteiger partial charge in [-0.3, -0.25) is 9.78 Å². The molecule has 0 unspecified atom stereocenters. The first kappa shape index (κ1) is 20.0. The van der Waals surface area contributed by atoms with Crippen molar-refractivity contribution in [2.45, 2.75) is 19.4 Å². The van der Waals surface area contributed by atoms with E-state index in [1.807, 2.05) is 0 Å². The molecule has 1 N–H and O–H groups in total. The van der Waals surface area contributed by atoms with Crippen LogP contribution in [0.5, 0.6) is 0 Å². The lowest BCUT2D eigenvalue weighted by atomic mass is 10.1. The molecule has 0 aliphatic heterocycles. The van der Waals surface area contributed by atoms with E-state index in [0.29, 0.717) is 18.5 Å². The first-order valence-corrected chi connectivity index (χ1v) is 10.1. The van der Waals surface area contributed by atoms with E-state index in [1.54, 1.807) is 42.7 Å². The molecule has 1 amide bonds. The summed E-state index contributed by atoms with van der Waals surface area (Å²) in [6.07, 6.45) is 4.71. The van der Waals surface area contributed by atoms with Gasteiger partial charge in [-0.15, -0.1) is 0 Å². The maximum atomic E-state index is 13.5. The van der Waals surface area contributed by atoms with E-state index in [2.05, 4.69) is 10.3 Å². The Labute approximate surface area is 153 Å². The number of hydrogen-bond acceptors (Lipinski definition) is 4. The van der Waals surface area contributed by atoms with Crippen LogP contribution in [-0.2, 0) is 27.8 Å². The Morgan fingerprint density at radius 2 is 1.88 bits per heavy atom. The number of carbonyl (C=O) groups excluding carboxylic acids is 1. The van der Waals surface area contributed by atoms with Gasteiger partial charge in [-0.1, -0.05) is 18.2 Å². The van der Waals surface area contributed by atoms with Crippen molar-refractivity contribution in [3.63, 3.8) is 0 Å². The van der Waals surface area contributed by atoms with Gasteiger partial charge in [-0.25, -0.2) is 12.8 Å². The number of amides is 1. The van der Waals surface area contributed by atoms with Crippen LogP contribution < -0.4 is 5.32 Å². The number of hydrogen-bond donors (Lipinski definition) is 1. The van der Waals surface area contributed by atoms with E-state index in [1.165, 1.54) is 10.4 Å². The molecule has 6 nitrogen and oxygen atoms in total. The summed E-state index contributed by atoms with van der Waals surface area (Å²) in [7, 11) is -3.44. The quantitative estimate of drug-likeness (QED) is 0.720. The predicted molar refractivity (Wildman–Crippen MR) is 97.2 cm³/mol. The van der Waals surface area contributed by atoms with Crippen molar-refractivity contribution < 1.29 is 17.6 Å². The van der Waals surface area contributed by atoms with Crippen LogP contribution >= 0.6 is 0 Å². The molecule has 2 aromatic rings. The van der Waals surface area contributed by atoms with Gasteiger partial charge in [-0.2, -0.15) is 4.31 Å². The minimum Gasteiger partial charge on any atom is -0.356 e. The van der Waals surface area contributed by atoms with E-state index < -0.39 is 10.0 Å². The number of aromatic nitrogens is 1. The number of nitrogens with one attached hydrogen (secondary N) is 1. The van der Waals surface area contributed by atoms with Crippen molar-refractivity contribution in [3.8, 4) is 0 Å². The van der Waals surface area contributed by atoms with Gasteiger partial charge in [0.2, 0.25) is 15.9 Å². The number of pyridine rings is 1. The number of halogens is 1. The second-order valence-electron chi connectivity index (χ2n) is 5.89. The Bertz CT molecular complexity index is 829. The second kappa shape index (κ2) is 9.40. The highest BCUT2D eigenvalue weighted by Crippen LogP contribution is 2.09. The number of carbonyl (C=O) groups is 1. The van der Waals surface area contributed by atoms with Gasteiger partial charge in [0.15, 0.2) is 0 Å². The van der Waals surface area contributed by atoms with E-state index in [4.69, 9.17) is 0 Å². The van der Waals surface area contributed by atoms with E-state index in [-0.39, 0.29) is 31.2 Å². The molecule has 0 spiro atoms. The third kappa shape index (κ3) is 6.53. The maximum Gasteiger partial charge on any atom is 0.221 e. The van der Waals surface area contributed by atoms with Crippen LogP contribution in [-0.4, -0.2) is 43.0 Å². The van der Waals surface area contributed by atoms with Crippen molar-refractivity contribution >= 4 is 15.9 Å².